The minimum atomic E-state index is -0.493. The van der Waals surface area contributed by atoms with Crippen LogP contribution in [0.15, 0.2) is 42.5 Å². The summed E-state index contributed by atoms with van der Waals surface area (Å²) in [6.45, 7) is 0. The summed E-state index contributed by atoms with van der Waals surface area (Å²) >= 11 is 7.10. The quantitative estimate of drug-likeness (QED) is 0.876. The second kappa shape index (κ2) is 7.43. The molecule has 2 aromatic carbocycles. The second-order valence-electron chi connectivity index (χ2n) is 4.22. The molecule has 0 atom stereocenters. The number of nitrogens with one attached hydrogen (secondary N) is 1. The third-order valence-electron chi connectivity index (χ3n) is 2.69. The maximum absolute atomic E-state index is 13.5. The molecule has 2 rings (SSSR count). The Balaban J connectivity index is 1.86. The standard InChI is InChI=1S/C15H12ClF2NOS/c16-11-4-3-6-12(17)10(11)8-21-9-15(20)19-14-7-2-1-5-13(14)18/h1-7H,8-9H2,(H,19,20). The van der Waals surface area contributed by atoms with Gasteiger partial charge in [0.1, 0.15) is 11.6 Å². The first-order chi connectivity index (χ1) is 10.1. The Morgan fingerprint density at radius 1 is 1.10 bits per heavy atom. The molecule has 0 spiro atoms. The van der Waals surface area contributed by atoms with Crippen LogP contribution in [-0.2, 0) is 10.5 Å². The van der Waals surface area contributed by atoms with Crippen molar-refractivity contribution in [3.8, 4) is 0 Å². The molecule has 2 aromatic rings. The van der Waals surface area contributed by atoms with E-state index in [1.54, 1.807) is 18.2 Å². The van der Waals surface area contributed by atoms with Crippen molar-refractivity contribution in [1.29, 1.82) is 0 Å². The predicted octanol–water partition coefficient (Wildman–Crippen LogP) is 4.49. The van der Waals surface area contributed by atoms with Crippen molar-refractivity contribution in [2.24, 2.45) is 0 Å². The molecule has 0 aliphatic carbocycles. The molecule has 0 aliphatic heterocycles. The highest BCUT2D eigenvalue weighted by Gasteiger charge is 2.10. The molecule has 6 heteroatoms. The van der Waals surface area contributed by atoms with E-state index >= 15 is 0 Å². The van der Waals surface area contributed by atoms with Crippen LogP contribution in [0.25, 0.3) is 0 Å². The molecule has 110 valence electrons. The highest BCUT2D eigenvalue weighted by atomic mass is 35.5. The Hall–Kier alpha value is -1.59. The Morgan fingerprint density at radius 2 is 1.81 bits per heavy atom. The van der Waals surface area contributed by atoms with Crippen LogP contribution in [0.3, 0.4) is 0 Å². The van der Waals surface area contributed by atoms with Crippen LogP contribution >= 0.6 is 23.4 Å². The van der Waals surface area contributed by atoms with Gasteiger partial charge in [0, 0.05) is 16.3 Å². The van der Waals surface area contributed by atoms with Gasteiger partial charge in [-0.1, -0.05) is 29.8 Å². The fourth-order valence-corrected chi connectivity index (χ4v) is 2.83. The van der Waals surface area contributed by atoms with Crippen molar-refractivity contribution < 1.29 is 13.6 Å². The molecule has 0 aromatic heterocycles. The zero-order valence-electron chi connectivity index (χ0n) is 10.9. The molecule has 0 unspecified atom stereocenters. The number of anilines is 1. The highest BCUT2D eigenvalue weighted by molar-refractivity contribution is 7.99. The first-order valence-electron chi connectivity index (χ1n) is 6.13. The van der Waals surface area contributed by atoms with Crippen LogP contribution in [0.5, 0.6) is 0 Å². The Labute approximate surface area is 130 Å². The average molecular weight is 328 g/mol. The van der Waals surface area contributed by atoms with Gasteiger partial charge in [0.25, 0.3) is 0 Å². The van der Waals surface area contributed by atoms with E-state index in [4.69, 9.17) is 11.6 Å². The molecule has 0 heterocycles. The summed E-state index contributed by atoms with van der Waals surface area (Å²) in [6, 6.07) is 10.4. The largest absolute Gasteiger partial charge is 0.323 e. The number of thioether (sulfide) groups is 1. The smallest absolute Gasteiger partial charge is 0.234 e. The topological polar surface area (TPSA) is 29.1 Å². The maximum atomic E-state index is 13.5. The summed E-state index contributed by atoms with van der Waals surface area (Å²) < 4.78 is 26.9. The van der Waals surface area contributed by atoms with Gasteiger partial charge in [-0.05, 0) is 24.3 Å². The second-order valence-corrected chi connectivity index (χ2v) is 5.61. The minimum absolute atomic E-state index is 0.0823. The van der Waals surface area contributed by atoms with E-state index in [9.17, 15) is 13.6 Å². The van der Waals surface area contributed by atoms with Crippen LogP contribution < -0.4 is 5.32 Å². The lowest BCUT2D eigenvalue weighted by atomic mass is 10.2. The van der Waals surface area contributed by atoms with Gasteiger partial charge in [0.2, 0.25) is 5.91 Å². The number of hydrogen-bond acceptors (Lipinski definition) is 2. The molecular formula is C15H12ClF2NOS. The first-order valence-corrected chi connectivity index (χ1v) is 7.66. The molecule has 1 N–H and O–H groups in total. The zero-order chi connectivity index (χ0) is 15.2. The van der Waals surface area contributed by atoms with Crippen molar-refractivity contribution in [3.05, 3.63) is 64.7 Å². The highest BCUT2D eigenvalue weighted by Crippen LogP contribution is 2.24. The van der Waals surface area contributed by atoms with Crippen molar-refractivity contribution in [1.82, 2.24) is 0 Å². The summed E-state index contributed by atoms with van der Waals surface area (Å²) in [5.41, 5.74) is 0.495. The molecule has 0 radical (unpaired) electrons. The van der Waals surface area contributed by atoms with Crippen molar-refractivity contribution in [2.45, 2.75) is 5.75 Å². The van der Waals surface area contributed by atoms with Gasteiger partial charge in [-0.15, -0.1) is 11.8 Å². The van der Waals surface area contributed by atoms with Crippen LogP contribution in [0.1, 0.15) is 5.56 Å². The first kappa shape index (κ1) is 15.8. The number of carbonyl (C=O) groups is 1. The lowest BCUT2D eigenvalue weighted by molar-refractivity contribution is -0.113. The van der Waals surface area contributed by atoms with E-state index in [1.807, 2.05) is 0 Å². The Bertz CT molecular complexity index is 631. The van der Waals surface area contributed by atoms with E-state index in [-0.39, 0.29) is 23.1 Å². The van der Waals surface area contributed by atoms with E-state index in [0.29, 0.717) is 10.6 Å². The van der Waals surface area contributed by atoms with Gasteiger partial charge in [-0.25, -0.2) is 8.78 Å². The van der Waals surface area contributed by atoms with E-state index in [2.05, 4.69) is 5.32 Å². The average Bonchev–Trinajstić information content (AvgIpc) is 2.45. The monoisotopic (exact) mass is 327 g/mol. The van der Waals surface area contributed by atoms with E-state index in [1.165, 1.54) is 36.0 Å². The van der Waals surface area contributed by atoms with Crippen LogP contribution in [-0.4, -0.2) is 11.7 Å². The van der Waals surface area contributed by atoms with Crippen molar-refractivity contribution in [2.75, 3.05) is 11.1 Å². The fourth-order valence-electron chi connectivity index (χ4n) is 1.66. The van der Waals surface area contributed by atoms with E-state index < -0.39 is 11.6 Å². The SMILES string of the molecule is O=C(CSCc1c(F)cccc1Cl)Nc1ccccc1F. The van der Waals surface area contributed by atoms with Crippen molar-refractivity contribution in [3.63, 3.8) is 0 Å². The molecule has 0 aliphatic rings. The minimum Gasteiger partial charge on any atom is -0.323 e. The normalized spacial score (nSPS) is 10.4. The fraction of sp³-hybridized carbons (Fsp3) is 0.133. The van der Waals surface area contributed by atoms with Crippen LogP contribution in [0.2, 0.25) is 5.02 Å². The summed E-state index contributed by atoms with van der Waals surface area (Å²) in [6.07, 6.45) is 0. The molecule has 0 bridgehead atoms. The van der Waals surface area contributed by atoms with Gasteiger partial charge in [0.05, 0.1) is 11.4 Å². The lowest BCUT2D eigenvalue weighted by Crippen LogP contribution is -2.15. The molecule has 1 amide bonds. The van der Waals surface area contributed by atoms with Gasteiger partial charge in [0.15, 0.2) is 0 Å². The maximum Gasteiger partial charge on any atom is 0.234 e. The number of rotatable bonds is 5. The van der Waals surface area contributed by atoms with Crippen LogP contribution in [0, 0.1) is 11.6 Å². The summed E-state index contributed by atoms with van der Waals surface area (Å²) in [7, 11) is 0. The lowest BCUT2D eigenvalue weighted by Gasteiger charge is -2.07. The third-order valence-corrected chi connectivity index (χ3v) is 4.00. The Kier molecular flexibility index (Phi) is 5.59. The summed E-state index contributed by atoms with van der Waals surface area (Å²) in [4.78, 5) is 11.7. The van der Waals surface area contributed by atoms with E-state index in [0.717, 1.165) is 0 Å². The van der Waals surface area contributed by atoms with Gasteiger partial charge in [-0.3, -0.25) is 4.79 Å². The number of amides is 1. The number of carbonyl (C=O) groups excluding carboxylic acids is 1. The molecule has 0 fully saturated rings. The summed E-state index contributed by atoms with van der Waals surface area (Å²) in [5, 5.41) is 2.79. The van der Waals surface area contributed by atoms with Gasteiger partial charge >= 0.3 is 0 Å². The van der Waals surface area contributed by atoms with Gasteiger partial charge < -0.3 is 5.32 Å². The molecular weight excluding hydrogens is 316 g/mol. The molecule has 21 heavy (non-hydrogen) atoms. The number of hydrogen-bond donors (Lipinski definition) is 1. The summed E-state index contributed by atoms with van der Waals surface area (Å²) in [5.74, 6) is -0.884. The predicted molar refractivity (Wildman–Crippen MR) is 82.6 cm³/mol. The van der Waals surface area contributed by atoms with Gasteiger partial charge in [-0.2, -0.15) is 0 Å². The molecule has 0 saturated heterocycles. The zero-order valence-corrected chi connectivity index (χ0v) is 12.5. The third kappa shape index (κ3) is 4.44. The number of benzene rings is 2. The van der Waals surface area contributed by atoms with Crippen molar-refractivity contribution >= 4 is 35.0 Å². The van der Waals surface area contributed by atoms with Crippen LogP contribution in [0.4, 0.5) is 14.5 Å². The molecule has 2 nitrogen and oxygen atoms in total. The molecule has 0 saturated carbocycles. The number of para-hydroxylation sites is 1. The number of halogens is 3. The Morgan fingerprint density at radius 3 is 2.52 bits per heavy atom.